The highest BCUT2D eigenvalue weighted by Crippen LogP contribution is 2.29. The van der Waals surface area contributed by atoms with Gasteiger partial charge in [-0.3, -0.25) is 9.78 Å². The van der Waals surface area contributed by atoms with Crippen LogP contribution in [0.4, 0.5) is 0 Å². The lowest BCUT2D eigenvalue weighted by Gasteiger charge is -2.12. The monoisotopic (exact) mass is 319 g/mol. The summed E-state index contributed by atoms with van der Waals surface area (Å²) in [6.07, 6.45) is 1.98. The number of nitrogens with zero attached hydrogens (tertiary/aromatic N) is 1. The zero-order valence-electron chi connectivity index (χ0n) is 12.6. The van der Waals surface area contributed by atoms with E-state index in [1.165, 1.54) is 0 Å². The molecule has 1 aromatic heterocycles. The summed E-state index contributed by atoms with van der Waals surface area (Å²) >= 11 is 6.24. The molecule has 0 aliphatic heterocycles. The SMILES string of the molecule is CCOc1cc(CC(Cl)C(=O)c2ccccn2)ccc1OC. The Morgan fingerprint density at radius 1 is 1.27 bits per heavy atom. The van der Waals surface area contributed by atoms with Gasteiger partial charge in [-0.2, -0.15) is 0 Å². The van der Waals surface area contributed by atoms with Crippen LogP contribution in [0.3, 0.4) is 0 Å². The van der Waals surface area contributed by atoms with Crippen LogP contribution < -0.4 is 9.47 Å². The smallest absolute Gasteiger partial charge is 0.199 e. The molecule has 0 aliphatic carbocycles. The van der Waals surface area contributed by atoms with E-state index in [1.54, 1.807) is 31.5 Å². The number of Topliss-reactive ketones (excluding diaryl/α,β-unsaturated/α-hetero) is 1. The van der Waals surface area contributed by atoms with E-state index in [4.69, 9.17) is 21.1 Å². The molecule has 0 spiro atoms. The molecule has 116 valence electrons. The lowest BCUT2D eigenvalue weighted by Crippen LogP contribution is -2.18. The molecule has 2 aromatic rings. The van der Waals surface area contributed by atoms with Crippen molar-refractivity contribution in [3.05, 3.63) is 53.9 Å². The number of ketones is 1. The maximum Gasteiger partial charge on any atom is 0.199 e. The Bertz CT molecular complexity index is 631. The quantitative estimate of drug-likeness (QED) is 0.578. The number of halogens is 1. The minimum atomic E-state index is -0.669. The highest BCUT2D eigenvalue weighted by atomic mass is 35.5. The van der Waals surface area contributed by atoms with Crippen molar-refractivity contribution in [1.82, 2.24) is 4.98 Å². The number of ether oxygens (including phenoxy) is 2. The second kappa shape index (κ2) is 7.80. The van der Waals surface area contributed by atoms with E-state index >= 15 is 0 Å². The number of carbonyl (C=O) groups excluding carboxylic acids is 1. The van der Waals surface area contributed by atoms with Crippen molar-refractivity contribution in [2.75, 3.05) is 13.7 Å². The van der Waals surface area contributed by atoms with Gasteiger partial charge in [-0.1, -0.05) is 12.1 Å². The van der Waals surface area contributed by atoms with Crippen molar-refractivity contribution >= 4 is 17.4 Å². The third-order valence-electron chi connectivity index (χ3n) is 3.14. The van der Waals surface area contributed by atoms with Crippen LogP contribution in [-0.4, -0.2) is 29.9 Å². The number of hydrogen-bond acceptors (Lipinski definition) is 4. The third kappa shape index (κ3) is 3.98. The van der Waals surface area contributed by atoms with Crippen molar-refractivity contribution < 1.29 is 14.3 Å². The maximum atomic E-state index is 12.2. The average molecular weight is 320 g/mol. The van der Waals surface area contributed by atoms with Crippen molar-refractivity contribution in [3.8, 4) is 11.5 Å². The van der Waals surface area contributed by atoms with E-state index in [-0.39, 0.29) is 5.78 Å². The molecule has 1 heterocycles. The first-order valence-corrected chi connectivity index (χ1v) is 7.48. The van der Waals surface area contributed by atoms with Crippen LogP contribution in [0, 0.1) is 0 Å². The van der Waals surface area contributed by atoms with Crippen molar-refractivity contribution in [3.63, 3.8) is 0 Å². The summed E-state index contributed by atoms with van der Waals surface area (Å²) in [6.45, 7) is 2.44. The lowest BCUT2D eigenvalue weighted by atomic mass is 10.0. The Morgan fingerprint density at radius 3 is 2.73 bits per heavy atom. The Hall–Kier alpha value is -2.07. The number of aromatic nitrogens is 1. The Labute approximate surface area is 135 Å². The topological polar surface area (TPSA) is 48.4 Å². The van der Waals surface area contributed by atoms with Crippen LogP contribution in [0.2, 0.25) is 0 Å². The van der Waals surface area contributed by atoms with Crippen LogP contribution in [0.5, 0.6) is 11.5 Å². The largest absolute Gasteiger partial charge is 0.493 e. The lowest BCUT2D eigenvalue weighted by molar-refractivity contribution is 0.0982. The highest BCUT2D eigenvalue weighted by Gasteiger charge is 2.19. The molecule has 0 fully saturated rings. The minimum Gasteiger partial charge on any atom is -0.493 e. The molecule has 0 saturated carbocycles. The first-order valence-electron chi connectivity index (χ1n) is 7.04. The van der Waals surface area contributed by atoms with Gasteiger partial charge in [-0.25, -0.2) is 0 Å². The fourth-order valence-electron chi connectivity index (χ4n) is 2.08. The van der Waals surface area contributed by atoms with Gasteiger partial charge < -0.3 is 9.47 Å². The number of pyridine rings is 1. The summed E-state index contributed by atoms with van der Waals surface area (Å²) in [5.74, 6) is 1.13. The van der Waals surface area contributed by atoms with E-state index < -0.39 is 5.38 Å². The molecular formula is C17H18ClNO3. The molecule has 0 amide bonds. The molecule has 1 unspecified atom stereocenters. The third-order valence-corrected chi connectivity index (χ3v) is 3.50. The molecule has 1 aromatic carbocycles. The van der Waals surface area contributed by atoms with Gasteiger partial charge in [0.15, 0.2) is 17.3 Å². The van der Waals surface area contributed by atoms with E-state index in [2.05, 4.69) is 4.98 Å². The van der Waals surface area contributed by atoms with Gasteiger partial charge in [0.05, 0.1) is 13.7 Å². The summed E-state index contributed by atoms with van der Waals surface area (Å²) in [5.41, 5.74) is 1.29. The summed E-state index contributed by atoms with van der Waals surface area (Å²) in [4.78, 5) is 16.3. The summed E-state index contributed by atoms with van der Waals surface area (Å²) in [5, 5.41) is -0.669. The van der Waals surface area contributed by atoms with Crippen LogP contribution >= 0.6 is 11.6 Å². The van der Waals surface area contributed by atoms with E-state index in [9.17, 15) is 4.79 Å². The molecule has 22 heavy (non-hydrogen) atoms. The van der Waals surface area contributed by atoms with Gasteiger partial charge in [0.2, 0.25) is 0 Å². The van der Waals surface area contributed by atoms with Crippen LogP contribution in [-0.2, 0) is 6.42 Å². The van der Waals surface area contributed by atoms with Crippen LogP contribution in [0.15, 0.2) is 42.6 Å². The number of alkyl halides is 1. The molecule has 0 saturated heterocycles. The van der Waals surface area contributed by atoms with Crippen molar-refractivity contribution in [1.29, 1.82) is 0 Å². The Morgan fingerprint density at radius 2 is 2.09 bits per heavy atom. The number of methoxy groups -OCH3 is 1. The van der Waals surface area contributed by atoms with E-state index in [0.29, 0.717) is 30.2 Å². The Balaban J connectivity index is 2.13. The first-order chi connectivity index (χ1) is 10.7. The zero-order valence-corrected chi connectivity index (χ0v) is 13.3. The molecule has 4 nitrogen and oxygen atoms in total. The van der Waals surface area contributed by atoms with Crippen molar-refractivity contribution in [2.45, 2.75) is 18.7 Å². The standard InChI is InChI=1S/C17H18ClNO3/c1-3-22-16-11-12(7-8-15(16)21-2)10-13(18)17(20)14-6-4-5-9-19-14/h4-9,11,13H,3,10H2,1-2H3. The molecule has 5 heteroatoms. The molecule has 0 radical (unpaired) electrons. The molecule has 0 N–H and O–H groups in total. The molecule has 2 rings (SSSR count). The summed E-state index contributed by atoms with van der Waals surface area (Å²) in [7, 11) is 1.59. The van der Waals surface area contributed by atoms with Gasteiger partial charge in [-0.15, -0.1) is 11.6 Å². The summed E-state index contributed by atoms with van der Waals surface area (Å²) in [6, 6.07) is 10.7. The second-order valence-corrected chi connectivity index (χ2v) is 5.20. The number of hydrogen-bond donors (Lipinski definition) is 0. The predicted molar refractivity (Wildman–Crippen MR) is 86.1 cm³/mol. The van der Waals surface area contributed by atoms with Crippen LogP contribution in [0.1, 0.15) is 23.0 Å². The van der Waals surface area contributed by atoms with Gasteiger partial charge in [0.1, 0.15) is 11.1 Å². The fraction of sp³-hybridized carbons (Fsp3) is 0.294. The van der Waals surface area contributed by atoms with Crippen molar-refractivity contribution in [2.24, 2.45) is 0 Å². The summed E-state index contributed by atoms with van der Waals surface area (Å²) < 4.78 is 10.8. The average Bonchev–Trinajstić information content (AvgIpc) is 2.55. The molecule has 1 atom stereocenters. The van der Waals surface area contributed by atoms with Gasteiger partial charge in [0, 0.05) is 6.20 Å². The molecule has 0 bridgehead atoms. The van der Waals surface area contributed by atoms with Crippen LogP contribution in [0.25, 0.3) is 0 Å². The Kier molecular flexibility index (Phi) is 5.78. The molecule has 0 aliphatic rings. The van der Waals surface area contributed by atoms with E-state index in [1.807, 2.05) is 25.1 Å². The number of carbonyl (C=O) groups is 1. The fourth-order valence-corrected chi connectivity index (χ4v) is 2.37. The maximum absolute atomic E-state index is 12.2. The van der Waals surface area contributed by atoms with E-state index in [0.717, 1.165) is 5.56 Å². The van der Waals surface area contributed by atoms with Gasteiger partial charge in [-0.05, 0) is 43.2 Å². The predicted octanol–water partition coefficient (Wildman–Crippen LogP) is 3.52. The van der Waals surface area contributed by atoms with Gasteiger partial charge >= 0.3 is 0 Å². The zero-order chi connectivity index (χ0) is 15.9. The first kappa shape index (κ1) is 16.3. The number of rotatable bonds is 7. The molecular weight excluding hydrogens is 302 g/mol. The van der Waals surface area contributed by atoms with Gasteiger partial charge in [0.25, 0.3) is 0 Å². The highest BCUT2D eigenvalue weighted by molar-refractivity contribution is 6.33. The normalized spacial score (nSPS) is 11.8. The second-order valence-electron chi connectivity index (χ2n) is 4.67. The minimum absolute atomic E-state index is 0.184. The number of benzene rings is 1.